The molecule has 1 aliphatic rings. The van der Waals surface area contributed by atoms with Crippen LogP contribution in [0.1, 0.15) is 28.3 Å². The van der Waals surface area contributed by atoms with Crippen LogP contribution in [0.3, 0.4) is 0 Å². The zero-order chi connectivity index (χ0) is 18.7. The Hall–Kier alpha value is -2.63. The van der Waals surface area contributed by atoms with E-state index in [9.17, 15) is 10.1 Å². The van der Waals surface area contributed by atoms with Crippen LogP contribution in [0.4, 0.5) is 5.88 Å². The highest BCUT2D eigenvalue weighted by Crippen LogP contribution is 2.25. The number of amides is 1. The van der Waals surface area contributed by atoms with Crippen LogP contribution in [-0.2, 0) is 11.3 Å². The Morgan fingerprint density at radius 1 is 1.27 bits per heavy atom. The number of furan rings is 1. The summed E-state index contributed by atoms with van der Waals surface area (Å²) in [4.78, 5) is 16.7. The summed E-state index contributed by atoms with van der Waals surface area (Å²) >= 11 is 0. The van der Waals surface area contributed by atoms with Gasteiger partial charge in [0, 0.05) is 44.4 Å². The quantitative estimate of drug-likeness (QED) is 0.871. The van der Waals surface area contributed by atoms with E-state index >= 15 is 0 Å². The van der Waals surface area contributed by atoms with Gasteiger partial charge in [-0.05, 0) is 20.8 Å². The van der Waals surface area contributed by atoms with Gasteiger partial charge in [0.05, 0.1) is 12.2 Å². The lowest BCUT2D eigenvalue weighted by Crippen LogP contribution is -2.48. The van der Waals surface area contributed by atoms with Crippen molar-refractivity contribution in [3.63, 3.8) is 0 Å². The molecule has 0 atom stereocenters. The van der Waals surface area contributed by atoms with Gasteiger partial charge in [-0.2, -0.15) is 5.26 Å². The molecule has 1 fully saturated rings. The molecule has 1 saturated heterocycles. The smallest absolute Gasteiger partial charge is 0.240 e. The van der Waals surface area contributed by atoms with Crippen LogP contribution >= 0.6 is 0 Å². The number of carbonyl (C=O) groups is 1. The molecule has 26 heavy (non-hydrogen) atoms. The van der Waals surface area contributed by atoms with Gasteiger partial charge in [0.2, 0.25) is 11.8 Å². The van der Waals surface area contributed by atoms with Gasteiger partial charge in [0.25, 0.3) is 0 Å². The maximum absolute atomic E-state index is 12.3. The van der Waals surface area contributed by atoms with E-state index in [1.54, 1.807) is 6.92 Å². The van der Waals surface area contributed by atoms with Crippen LogP contribution in [0.25, 0.3) is 0 Å². The Kier molecular flexibility index (Phi) is 5.40. The maximum atomic E-state index is 12.3. The lowest BCUT2D eigenvalue weighted by atomic mass is 10.2. The molecule has 2 aromatic heterocycles. The van der Waals surface area contributed by atoms with E-state index in [1.807, 2.05) is 19.9 Å². The summed E-state index contributed by atoms with van der Waals surface area (Å²) in [7, 11) is 0. The zero-order valence-electron chi connectivity index (χ0n) is 15.3. The van der Waals surface area contributed by atoms with Crippen molar-refractivity contribution in [1.82, 2.24) is 15.0 Å². The molecule has 0 spiro atoms. The third-order valence-corrected chi connectivity index (χ3v) is 4.64. The molecule has 0 aromatic carbocycles. The second-order valence-corrected chi connectivity index (χ2v) is 6.63. The number of piperazine rings is 1. The molecule has 1 amide bonds. The molecule has 1 N–H and O–H groups in total. The number of rotatable bonds is 5. The van der Waals surface area contributed by atoms with Gasteiger partial charge < -0.3 is 8.94 Å². The molecule has 2 aromatic rings. The normalized spacial score (nSPS) is 15.8. The summed E-state index contributed by atoms with van der Waals surface area (Å²) < 4.78 is 10.6. The molecule has 138 valence electrons. The highest BCUT2D eigenvalue weighted by atomic mass is 16.5. The largest absolute Gasteiger partial charge is 0.444 e. The topological polar surface area (TPSA) is 98.5 Å². The number of nitrogens with zero attached hydrogens (tertiary/aromatic N) is 4. The average molecular weight is 357 g/mol. The zero-order valence-corrected chi connectivity index (χ0v) is 15.3. The predicted octanol–water partition coefficient (Wildman–Crippen LogP) is 1.82. The molecule has 8 heteroatoms. The Balaban J connectivity index is 1.48. The number of aromatic nitrogens is 1. The number of nitrogens with one attached hydrogen (secondary N) is 1. The van der Waals surface area contributed by atoms with E-state index in [1.165, 1.54) is 0 Å². The van der Waals surface area contributed by atoms with Gasteiger partial charge in [-0.3, -0.25) is 19.9 Å². The number of anilines is 1. The summed E-state index contributed by atoms with van der Waals surface area (Å²) in [5.74, 6) is 1.53. The van der Waals surface area contributed by atoms with Crippen molar-refractivity contribution in [1.29, 1.82) is 5.26 Å². The Labute approximate surface area is 152 Å². The first-order chi connectivity index (χ1) is 12.5. The van der Waals surface area contributed by atoms with Crippen LogP contribution in [0.5, 0.6) is 0 Å². The lowest BCUT2D eigenvalue weighted by molar-refractivity contribution is -0.117. The van der Waals surface area contributed by atoms with Gasteiger partial charge in [0.15, 0.2) is 0 Å². The van der Waals surface area contributed by atoms with E-state index in [0.717, 1.165) is 49.7 Å². The SMILES string of the molecule is Cc1cc(CN2CCN(CC(=O)Nc3oc(C)c(C)c3C#N)CC2)no1. The van der Waals surface area contributed by atoms with Gasteiger partial charge in [0.1, 0.15) is 23.2 Å². The summed E-state index contributed by atoms with van der Waals surface area (Å²) in [6.45, 7) is 9.83. The molecule has 3 heterocycles. The van der Waals surface area contributed by atoms with Crippen molar-refractivity contribution in [3.05, 3.63) is 34.4 Å². The molecule has 1 aliphatic heterocycles. The average Bonchev–Trinajstić information content (AvgIpc) is 3.12. The van der Waals surface area contributed by atoms with Crippen molar-refractivity contribution in [2.24, 2.45) is 0 Å². The Bertz CT molecular complexity index is 824. The first-order valence-corrected chi connectivity index (χ1v) is 8.63. The van der Waals surface area contributed by atoms with Crippen LogP contribution in [0.2, 0.25) is 0 Å². The van der Waals surface area contributed by atoms with Crippen LogP contribution in [0, 0.1) is 32.1 Å². The fraction of sp³-hybridized carbons (Fsp3) is 0.500. The molecular formula is C18H23N5O3. The van der Waals surface area contributed by atoms with Gasteiger partial charge in [-0.25, -0.2) is 0 Å². The summed E-state index contributed by atoms with van der Waals surface area (Å²) in [5.41, 5.74) is 2.09. The number of carbonyl (C=O) groups excluding carboxylic acids is 1. The third-order valence-electron chi connectivity index (χ3n) is 4.64. The number of aryl methyl sites for hydroxylation is 2. The first-order valence-electron chi connectivity index (χ1n) is 8.63. The van der Waals surface area contributed by atoms with Crippen molar-refractivity contribution < 1.29 is 13.7 Å². The van der Waals surface area contributed by atoms with E-state index in [2.05, 4.69) is 26.3 Å². The minimum Gasteiger partial charge on any atom is -0.444 e. The van der Waals surface area contributed by atoms with E-state index in [-0.39, 0.29) is 18.3 Å². The highest BCUT2D eigenvalue weighted by molar-refractivity contribution is 5.92. The molecular weight excluding hydrogens is 334 g/mol. The molecule has 0 radical (unpaired) electrons. The third kappa shape index (κ3) is 4.12. The maximum Gasteiger partial charge on any atom is 0.240 e. The van der Waals surface area contributed by atoms with Crippen molar-refractivity contribution in [2.45, 2.75) is 27.3 Å². The van der Waals surface area contributed by atoms with Crippen LogP contribution < -0.4 is 5.32 Å². The molecule has 0 bridgehead atoms. The number of hydrogen-bond acceptors (Lipinski definition) is 7. The number of nitriles is 1. The van der Waals surface area contributed by atoms with Crippen LogP contribution in [0.15, 0.2) is 15.0 Å². The Morgan fingerprint density at radius 3 is 2.58 bits per heavy atom. The fourth-order valence-electron chi connectivity index (χ4n) is 3.05. The molecule has 3 rings (SSSR count). The highest BCUT2D eigenvalue weighted by Gasteiger charge is 2.22. The van der Waals surface area contributed by atoms with Crippen molar-refractivity contribution >= 4 is 11.8 Å². The molecule has 0 saturated carbocycles. The van der Waals surface area contributed by atoms with Gasteiger partial charge in [-0.1, -0.05) is 5.16 Å². The summed E-state index contributed by atoms with van der Waals surface area (Å²) in [6, 6.07) is 4.03. The fourth-order valence-corrected chi connectivity index (χ4v) is 3.05. The standard InChI is InChI=1S/C18H23N5O3/c1-12-8-15(21-26-12)10-22-4-6-23(7-5-22)11-17(24)20-18-16(9-19)13(2)14(3)25-18/h8H,4-7,10-11H2,1-3H3,(H,20,24). The second kappa shape index (κ2) is 7.72. The number of hydrogen-bond donors (Lipinski definition) is 1. The van der Waals surface area contributed by atoms with Gasteiger partial charge in [-0.15, -0.1) is 0 Å². The lowest BCUT2D eigenvalue weighted by Gasteiger charge is -2.33. The van der Waals surface area contributed by atoms with Crippen molar-refractivity contribution in [2.75, 3.05) is 38.0 Å². The monoisotopic (exact) mass is 357 g/mol. The summed E-state index contributed by atoms with van der Waals surface area (Å²) in [6.07, 6.45) is 0. The second-order valence-electron chi connectivity index (χ2n) is 6.63. The van der Waals surface area contributed by atoms with E-state index < -0.39 is 0 Å². The van der Waals surface area contributed by atoms with E-state index in [4.69, 9.17) is 8.94 Å². The Morgan fingerprint density at radius 2 is 1.96 bits per heavy atom. The van der Waals surface area contributed by atoms with Crippen LogP contribution in [-0.4, -0.2) is 53.6 Å². The molecule has 0 aliphatic carbocycles. The summed E-state index contributed by atoms with van der Waals surface area (Å²) in [5, 5.41) is 15.9. The molecule has 0 unspecified atom stereocenters. The minimum absolute atomic E-state index is 0.171. The minimum atomic E-state index is -0.171. The molecule has 8 nitrogen and oxygen atoms in total. The van der Waals surface area contributed by atoms with E-state index in [0.29, 0.717) is 11.3 Å². The van der Waals surface area contributed by atoms with Crippen molar-refractivity contribution in [3.8, 4) is 6.07 Å². The first kappa shape index (κ1) is 18.2. The van der Waals surface area contributed by atoms with Gasteiger partial charge >= 0.3 is 0 Å². The predicted molar refractivity (Wildman–Crippen MR) is 94.5 cm³/mol.